The minimum Gasteiger partial charge on any atom is -0.497 e. The van der Waals surface area contributed by atoms with Crippen LogP contribution in [-0.2, 0) is 20.9 Å². The monoisotopic (exact) mass is 528 g/mol. The minimum absolute atomic E-state index is 0.174. The van der Waals surface area contributed by atoms with Crippen molar-refractivity contribution < 1.29 is 23.9 Å². The standard InChI is InChI=1S/C25H22Cl2N4O5/c1-35-18-9-6-16(7-10-18)13-28-24(33)25(34)31-29-14-17-8-11-22(20(27)12-17)36-15-23(32)30-21-5-3-2-4-19(21)26/h2-12,14H,13,15H2,1H3,(H,28,33)(H,30,32)(H,31,34)/b29-14-. The predicted octanol–water partition coefficient (Wildman–Crippen LogP) is 3.79. The van der Waals surface area contributed by atoms with Crippen molar-refractivity contribution in [2.24, 2.45) is 5.10 Å². The van der Waals surface area contributed by atoms with Gasteiger partial charge in [0.25, 0.3) is 5.91 Å². The van der Waals surface area contributed by atoms with Gasteiger partial charge in [0.2, 0.25) is 0 Å². The van der Waals surface area contributed by atoms with Crippen LogP contribution in [0.25, 0.3) is 0 Å². The molecule has 0 radical (unpaired) electrons. The number of hydrogen-bond donors (Lipinski definition) is 3. The molecule has 3 aromatic rings. The quantitative estimate of drug-likeness (QED) is 0.222. The van der Waals surface area contributed by atoms with Crippen LogP contribution in [0.2, 0.25) is 10.0 Å². The highest BCUT2D eigenvalue weighted by molar-refractivity contribution is 6.35. The molecule has 3 aromatic carbocycles. The number of carbonyl (C=O) groups is 3. The number of amides is 3. The summed E-state index contributed by atoms with van der Waals surface area (Å²) in [6, 6.07) is 18.6. The van der Waals surface area contributed by atoms with Gasteiger partial charge in [0.1, 0.15) is 11.5 Å². The second-order valence-electron chi connectivity index (χ2n) is 7.24. The predicted molar refractivity (Wildman–Crippen MR) is 138 cm³/mol. The third kappa shape index (κ3) is 8.00. The summed E-state index contributed by atoms with van der Waals surface area (Å²) in [5.41, 5.74) is 3.96. The van der Waals surface area contributed by atoms with Crippen LogP contribution >= 0.6 is 23.2 Å². The van der Waals surface area contributed by atoms with E-state index in [1.54, 1.807) is 67.8 Å². The Morgan fingerprint density at radius 2 is 1.69 bits per heavy atom. The Hall–Kier alpha value is -4.08. The molecule has 0 fully saturated rings. The summed E-state index contributed by atoms with van der Waals surface area (Å²) in [6.45, 7) is -0.104. The zero-order valence-corrected chi connectivity index (χ0v) is 20.6. The lowest BCUT2D eigenvalue weighted by Gasteiger charge is -2.10. The molecule has 0 aliphatic carbocycles. The molecule has 11 heteroatoms. The number of carbonyl (C=O) groups excluding carboxylic acids is 3. The van der Waals surface area contributed by atoms with Gasteiger partial charge >= 0.3 is 11.8 Å². The van der Waals surface area contributed by atoms with Gasteiger partial charge in [-0.3, -0.25) is 14.4 Å². The second-order valence-corrected chi connectivity index (χ2v) is 8.05. The minimum atomic E-state index is -0.921. The molecule has 0 saturated heterocycles. The molecule has 0 saturated carbocycles. The molecule has 0 heterocycles. The highest BCUT2D eigenvalue weighted by Crippen LogP contribution is 2.25. The molecule has 0 bridgehead atoms. The maximum Gasteiger partial charge on any atom is 0.329 e. The highest BCUT2D eigenvalue weighted by Gasteiger charge is 2.12. The third-order valence-electron chi connectivity index (χ3n) is 4.66. The molecule has 3 rings (SSSR count). The first-order chi connectivity index (χ1) is 17.4. The number of para-hydroxylation sites is 1. The van der Waals surface area contributed by atoms with Crippen molar-refractivity contribution >= 4 is 52.8 Å². The zero-order chi connectivity index (χ0) is 25.9. The molecule has 186 valence electrons. The lowest BCUT2D eigenvalue weighted by atomic mass is 10.2. The second kappa shape index (κ2) is 13.1. The van der Waals surface area contributed by atoms with Crippen molar-refractivity contribution in [1.82, 2.24) is 10.7 Å². The number of rotatable bonds is 9. The van der Waals surface area contributed by atoms with Crippen molar-refractivity contribution in [3.8, 4) is 11.5 Å². The summed E-state index contributed by atoms with van der Waals surface area (Å²) >= 11 is 12.2. The molecule has 0 aromatic heterocycles. The number of ether oxygens (including phenoxy) is 2. The first-order valence-corrected chi connectivity index (χ1v) is 11.3. The van der Waals surface area contributed by atoms with Crippen LogP contribution < -0.4 is 25.5 Å². The zero-order valence-electron chi connectivity index (χ0n) is 19.1. The van der Waals surface area contributed by atoms with E-state index in [2.05, 4.69) is 21.2 Å². The third-order valence-corrected chi connectivity index (χ3v) is 5.29. The van der Waals surface area contributed by atoms with E-state index in [-0.39, 0.29) is 23.9 Å². The molecule has 3 amide bonds. The Morgan fingerprint density at radius 1 is 0.944 bits per heavy atom. The topological polar surface area (TPSA) is 118 Å². The Morgan fingerprint density at radius 3 is 2.39 bits per heavy atom. The van der Waals surface area contributed by atoms with Gasteiger partial charge in [0, 0.05) is 6.54 Å². The Balaban J connectivity index is 1.44. The summed E-state index contributed by atoms with van der Waals surface area (Å²) in [7, 11) is 1.56. The summed E-state index contributed by atoms with van der Waals surface area (Å²) in [4.78, 5) is 36.0. The van der Waals surface area contributed by atoms with Crippen molar-refractivity contribution in [3.05, 3.63) is 87.9 Å². The average molecular weight is 529 g/mol. The van der Waals surface area contributed by atoms with Crippen LogP contribution in [0.15, 0.2) is 71.8 Å². The molecule has 0 aliphatic heterocycles. The Labute approximate surface area is 217 Å². The van der Waals surface area contributed by atoms with E-state index in [0.29, 0.717) is 22.0 Å². The lowest BCUT2D eigenvalue weighted by molar-refractivity contribution is -0.139. The number of nitrogens with zero attached hydrogens (tertiary/aromatic N) is 1. The SMILES string of the molecule is COc1ccc(CNC(=O)C(=O)N/N=C\c2ccc(OCC(=O)Nc3ccccc3Cl)c(Cl)c2)cc1. The summed E-state index contributed by atoms with van der Waals surface area (Å²) in [5.74, 6) is -1.19. The van der Waals surface area contributed by atoms with Gasteiger partial charge in [-0.2, -0.15) is 5.10 Å². The van der Waals surface area contributed by atoms with Gasteiger partial charge in [-0.1, -0.05) is 47.5 Å². The number of benzene rings is 3. The molecule has 0 atom stereocenters. The van der Waals surface area contributed by atoms with E-state index in [1.807, 2.05) is 0 Å². The van der Waals surface area contributed by atoms with Gasteiger partial charge in [0.05, 0.1) is 29.1 Å². The lowest BCUT2D eigenvalue weighted by Crippen LogP contribution is -2.37. The number of anilines is 1. The van der Waals surface area contributed by atoms with E-state index in [0.717, 1.165) is 5.56 Å². The maximum absolute atomic E-state index is 12.1. The van der Waals surface area contributed by atoms with E-state index < -0.39 is 17.7 Å². The molecule has 36 heavy (non-hydrogen) atoms. The van der Waals surface area contributed by atoms with Crippen LogP contribution in [0.5, 0.6) is 11.5 Å². The van der Waals surface area contributed by atoms with Crippen molar-refractivity contribution in [1.29, 1.82) is 0 Å². The van der Waals surface area contributed by atoms with Gasteiger partial charge in [0.15, 0.2) is 6.61 Å². The number of halogens is 2. The van der Waals surface area contributed by atoms with Gasteiger partial charge in [-0.05, 0) is 53.6 Å². The normalized spacial score (nSPS) is 10.5. The summed E-state index contributed by atoms with van der Waals surface area (Å²) in [6.07, 6.45) is 1.31. The Bertz CT molecular complexity index is 1270. The maximum atomic E-state index is 12.1. The fourth-order valence-electron chi connectivity index (χ4n) is 2.83. The summed E-state index contributed by atoms with van der Waals surface area (Å²) < 4.78 is 10.5. The summed E-state index contributed by atoms with van der Waals surface area (Å²) in [5, 5.41) is 9.55. The fourth-order valence-corrected chi connectivity index (χ4v) is 3.26. The fraction of sp³-hybridized carbons (Fsp3) is 0.120. The first kappa shape index (κ1) is 26.5. The van der Waals surface area contributed by atoms with Crippen molar-refractivity contribution in [2.75, 3.05) is 19.0 Å². The van der Waals surface area contributed by atoms with Gasteiger partial charge in [-0.15, -0.1) is 0 Å². The van der Waals surface area contributed by atoms with E-state index >= 15 is 0 Å². The van der Waals surface area contributed by atoms with Crippen LogP contribution in [0.3, 0.4) is 0 Å². The molecule has 0 unspecified atom stereocenters. The van der Waals surface area contributed by atoms with Crippen LogP contribution in [-0.4, -0.2) is 37.7 Å². The van der Waals surface area contributed by atoms with Crippen LogP contribution in [0.4, 0.5) is 5.69 Å². The molecule has 0 spiro atoms. The molecule has 3 N–H and O–H groups in total. The van der Waals surface area contributed by atoms with Crippen LogP contribution in [0, 0.1) is 0 Å². The van der Waals surface area contributed by atoms with E-state index in [9.17, 15) is 14.4 Å². The molecular formula is C25H22Cl2N4O5. The van der Waals surface area contributed by atoms with Gasteiger partial charge < -0.3 is 20.1 Å². The van der Waals surface area contributed by atoms with E-state index in [1.165, 1.54) is 12.3 Å². The Kier molecular flexibility index (Phi) is 9.67. The first-order valence-electron chi connectivity index (χ1n) is 10.6. The largest absolute Gasteiger partial charge is 0.497 e. The number of methoxy groups -OCH3 is 1. The number of hydrazone groups is 1. The number of nitrogens with one attached hydrogen (secondary N) is 3. The molecule has 9 nitrogen and oxygen atoms in total. The van der Waals surface area contributed by atoms with E-state index in [4.69, 9.17) is 32.7 Å². The molecular weight excluding hydrogens is 507 g/mol. The van der Waals surface area contributed by atoms with Crippen molar-refractivity contribution in [3.63, 3.8) is 0 Å². The number of hydrogen-bond acceptors (Lipinski definition) is 6. The highest BCUT2D eigenvalue weighted by atomic mass is 35.5. The smallest absolute Gasteiger partial charge is 0.329 e. The molecule has 0 aliphatic rings. The van der Waals surface area contributed by atoms with Crippen molar-refractivity contribution in [2.45, 2.75) is 6.54 Å². The van der Waals surface area contributed by atoms with Crippen LogP contribution in [0.1, 0.15) is 11.1 Å². The average Bonchev–Trinajstić information content (AvgIpc) is 2.88. The van der Waals surface area contributed by atoms with Gasteiger partial charge in [-0.25, -0.2) is 5.43 Å².